The molecule has 128 valence electrons. The zero-order valence-electron chi connectivity index (χ0n) is 13.5. The minimum atomic E-state index is -0.412. The highest BCUT2D eigenvalue weighted by atomic mass is 127. The minimum Gasteiger partial charge on any atom is -0.485 e. The van der Waals surface area contributed by atoms with Crippen molar-refractivity contribution >= 4 is 28.4 Å². The van der Waals surface area contributed by atoms with E-state index >= 15 is 0 Å². The van der Waals surface area contributed by atoms with Crippen LogP contribution < -0.4 is 4.74 Å². The van der Waals surface area contributed by atoms with Crippen LogP contribution in [-0.4, -0.2) is 36.1 Å². The summed E-state index contributed by atoms with van der Waals surface area (Å²) in [7, 11) is 0. The van der Waals surface area contributed by atoms with Gasteiger partial charge in [-0.1, -0.05) is 34.7 Å². The maximum absolute atomic E-state index is 12.6. The van der Waals surface area contributed by atoms with Gasteiger partial charge in [0.1, 0.15) is 11.4 Å². The van der Waals surface area contributed by atoms with Gasteiger partial charge in [-0.15, -0.1) is 0 Å². The standard InChI is InChI=1S/C17H15IN4O3/c1-2-17(9-18)6-13(23)12-5-10(3-4-14(12)24-17)16-21-15(22-25-16)11-7-19-20-8-11/h3-5,7-8H,2,6,9H2,1H3,(H,19,20). The summed E-state index contributed by atoms with van der Waals surface area (Å²) < 4.78 is 12.2. The Labute approximate surface area is 157 Å². The van der Waals surface area contributed by atoms with E-state index in [0.29, 0.717) is 35.0 Å². The summed E-state index contributed by atoms with van der Waals surface area (Å²) in [5, 5.41) is 10.5. The first kappa shape index (κ1) is 16.2. The lowest BCUT2D eigenvalue weighted by atomic mass is 9.89. The smallest absolute Gasteiger partial charge is 0.258 e. The molecule has 1 aliphatic heterocycles. The number of halogens is 1. The van der Waals surface area contributed by atoms with Crippen molar-refractivity contribution in [2.75, 3.05) is 4.43 Å². The minimum absolute atomic E-state index is 0.0798. The van der Waals surface area contributed by atoms with Crippen LogP contribution in [-0.2, 0) is 0 Å². The number of rotatable bonds is 4. The number of aromatic nitrogens is 4. The highest BCUT2D eigenvalue weighted by Crippen LogP contribution is 2.38. The fourth-order valence-electron chi connectivity index (χ4n) is 2.82. The maximum atomic E-state index is 12.6. The Morgan fingerprint density at radius 1 is 1.36 bits per heavy atom. The highest BCUT2D eigenvalue weighted by molar-refractivity contribution is 14.1. The molecule has 3 heterocycles. The Balaban J connectivity index is 1.69. The SMILES string of the molecule is CCC1(CI)CC(=O)c2cc(-c3nc(-c4cn[nH]c4)no3)ccc2O1. The molecule has 0 saturated carbocycles. The number of Topliss-reactive ketones (excluding diaryl/α,β-unsaturated/α-hetero) is 1. The second kappa shape index (κ2) is 6.25. The molecular formula is C17H15IN4O3. The van der Waals surface area contributed by atoms with Crippen LogP contribution >= 0.6 is 22.6 Å². The molecule has 7 nitrogen and oxygen atoms in total. The summed E-state index contributed by atoms with van der Waals surface area (Å²) in [5.41, 5.74) is 1.58. The van der Waals surface area contributed by atoms with Crippen molar-refractivity contribution in [1.82, 2.24) is 20.3 Å². The monoisotopic (exact) mass is 450 g/mol. The van der Waals surface area contributed by atoms with Gasteiger partial charge in [0.25, 0.3) is 5.89 Å². The number of benzene rings is 1. The van der Waals surface area contributed by atoms with Crippen LogP contribution in [0, 0.1) is 0 Å². The van der Waals surface area contributed by atoms with Crippen molar-refractivity contribution in [2.24, 2.45) is 0 Å². The quantitative estimate of drug-likeness (QED) is 0.482. The summed E-state index contributed by atoms with van der Waals surface area (Å²) >= 11 is 2.27. The third-order valence-electron chi connectivity index (χ3n) is 4.41. The number of alkyl halides is 1. The highest BCUT2D eigenvalue weighted by Gasteiger charge is 2.38. The number of ketones is 1. The largest absolute Gasteiger partial charge is 0.485 e. The van der Waals surface area contributed by atoms with Crippen LogP contribution in [0.1, 0.15) is 30.1 Å². The molecule has 25 heavy (non-hydrogen) atoms. The van der Waals surface area contributed by atoms with Crippen molar-refractivity contribution in [3.63, 3.8) is 0 Å². The third-order valence-corrected chi connectivity index (χ3v) is 5.80. The fourth-order valence-corrected chi connectivity index (χ4v) is 3.79. The summed E-state index contributed by atoms with van der Waals surface area (Å²) in [6, 6.07) is 5.40. The number of ether oxygens (including phenoxy) is 1. The van der Waals surface area contributed by atoms with Gasteiger partial charge in [0.15, 0.2) is 5.78 Å². The van der Waals surface area contributed by atoms with Crippen molar-refractivity contribution < 1.29 is 14.1 Å². The number of nitrogens with zero attached hydrogens (tertiary/aromatic N) is 3. The van der Waals surface area contributed by atoms with Crippen molar-refractivity contribution in [3.05, 3.63) is 36.2 Å². The molecular weight excluding hydrogens is 435 g/mol. The molecule has 0 amide bonds. The average Bonchev–Trinajstić information content (AvgIpc) is 3.32. The lowest BCUT2D eigenvalue weighted by Crippen LogP contribution is -2.43. The van der Waals surface area contributed by atoms with Crippen LogP contribution in [0.5, 0.6) is 5.75 Å². The third kappa shape index (κ3) is 2.84. The van der Waals surface area contributed by atoms with Crippen LogP contribution in [0.15, 0.2) is 35.1 Å². The first-order valence-corrected chi connectivity index (χ1v) is 9.42. The van der Waals surface area contributed by atoms with Gasteiger partial charge < -0.3 is 9.26 Å². The second-order valence-electron chi connectivity index (χ2n) is 5.99. The van der Waals surface area contributed by atoms with Gasteiger partial charge in [-0.3, -0.25) is 9.89 Å². The molecule has 0 fully saturated rings. The molecule has 4 rings (SSSR count). The predicted octanol–water partition coefficient (Wildman–Crippen LogP) is 3.68. The van der Waals surface area contributed by atoms with Crippen LogP contribution in [0.4, 0.5) is 0 Å². The molecule has 1 aromatic carbocycles. The van der Waals surface area contributed by atoms with Gasteiger partial charge in [-0.05, 0) is 24.6 Å². The van der Waals surface area contributed by atoms with E-state index in [1.807, 2.05) is 13.0 Å². The van der Waals surface area contributed by atoms with E-state index in [1.54, 1.807) is 24.5 Å². The summed E-state index contributed by atoms with van der Waals surface area (Å²) in [5.74, 6) is 1.50. The molecule has 1 aliphatic rings. The molecule has 1 unspecified atom stereocenters. The lowest BCUT2D eigenvalue weighted by molar-refractivity contribution is 0.0543. The lowest BCUT2D eigenvalue weighted by Gasteiger charge is -2.36. The van der Waals surface area contributed by atoms with Crippen LogP contribution in [0.3, 0.4) is 0 Å². The molecule has 0 spiro atoms. The zero-order valence-corrected chi connectivity index (χ0v) is 15.6. The molecule has 1 atom stereocenters. The second-order valence-corrected chi connectivity index (χ2v) is 6.76. The average molecular weight is 450 g/mol. The van der Waals surface area contributed by atoms with Gasteiger partial charge in [0, 0.05) is 16.2 Å². The number of fused-ring (bicyclic) bond motifs is 1. The summed E-state index contributed by atoms with van der Waals surface area (Å²) in [6.07, 6.45) is 4.48. The van der Waals surface area contributed by atoms with E-state index < -0.39 is 5.60 Å². The summed E-state index contributed by atoms with van der Waals surface area (Å²) in [4.78, 5) is 17.0. The van der Waals surface area contributed by atoms with Gasteiger partial charge >= 0.3 is 0 Å². The van der Waals surface area contributed by atoms with Gasteiger partial charge in [-0.2, -0.15) is 10.1 Å². The number of nitrogens with one attached hydrogen (secondary N) is 1. The number of hydrogen-bond acceptors (Lipinski definition) is 6. The summed E-state index contributed by atoms with van der Waals surface area (Å²) in [6.45, 7) is 2.04. The zero-order chi connectivity index (χ0) is 17.4. The predicted molar refractivity (Wildman–Crippen MR) is 98.8 cm³/mol. The van der Waals surface area contributed by atoms with E-state index in [0.717, 1.165) is 16.4 Å². The van der Waals surface area contributed by atoms with E-state index in [-0.39, 0.29) is 5.78 Å². The Hall–Kier alpha value is -2.23. The number of carbonyl (C=O) groups excluding carboxylic acids is 1. The van der Waals surface area contributed by atoms with E-state index in [2.05, 4.69) is 42.9 Å². The maximum Gasteiger partial charge on any atom is 0.258 e. The molecule has 2 aromatic heterocycles. The Morgan fingerprint density at radius 2 is 2.24 bits per heavy atom. The van der Waals surface area contributed by atoms with Crippen molar-refractivity contribution in [2.45, 2.75) is 25.4 Å². The molecule has 3 aromatic rings. The van der Waals surface area contributed by atoms with Crippen LogP contribution in [0.25, 0.3) is 22.8 Å². The Bertz CT molecular complexity index is 916. The van der Waals surface area contributed by atoms with Gasteiger partial charge in [0.05, 0.1) is 23.7 Å². The number of H-pyrrole nitrogens is 1. The van der Waals surface area contributed by atoms with E-state index in [4.69, 9.17) is 9.26 Å². The Kier molecular flexibility index (Phi) is 4.06. The first-order valence-electron chi connectivity index (χ1n) is 7.89. The molecule has 0 radical (unpaired) electrons. The fraction of sp³-hybridized carbons (Fsp3) is 0.294. The number of aromatic amines is 1. The van der Waals surface area contributed by atoms with E-state index in [9.17, 15) is 4.79 Å². The van der Waals surface area contributed by atoms with Crippen molar-refractivity contribution in [1.29, 1.82) is 0 Å². The molecule has 0 aliphatic carbocycles. The number of hydrogen-bond donors (Lipinski definition) is 1. The van der Waals surface area contributed by atoms with Gasteiger partial charge in [-0.25, -0.2) is 0 Å². The molecule has 0 saturated heterocycles. The first-order chi connectivity index (χ1) is 12.1. The van der Waals surface area contributed by atoms with Crippen LogP contribution in [0.2, 0.25) is 0 Å². The van der Waals surface area contributed by atoms with Crippen molar-refractivity contribution in [3.8, 4) is 28.6 Å². The normalized spacial score (nSPS) is 19.5. The molecule has 8 heteroatoms. The topological polar surface area (TPSA) is 93.9 Å². The van der Waals surface area contributed by atoms with Gasteiger partial charge in [0.2, 0.25) is 5.82 Å². The Morgan fingerprint density at radius 3 is 2.96 bits per heavy atom. The van der Waals surface area contributed by atoms with E-state index in [1.165, 1.54) is 0 Å². The number of carbonyl (C=O) groups is 1. The molecule has 0 bridgehead atoms. The molecule has 1 N–H and O–H groups in total.